The van der Waals surface area contributed by atoms with Crippen LogP contribution in [0.25, 0.3) is 0 Å². The number of carboxylic acids is 1. The Hall–Kier alpha value is -2.18. The number of carbonyl (C=O) groups is 2. The fraction of sp³-hybridized carbons (Fsp3) is 0.737. The number of hydroxylamine groups is 2. The van der Waals surface area contributed by atoms with Gasteiger partial charge in [0, 0.05) is 56.9 Å². The number of rotatable bonds is 3. The van der Waals surface area contributed by atoms with Gasteiger partial charge >= 0.3 is 12.1 Å². The zero-order valence-corrected chi connectivity index (χ0v) is 17.3. The Labute approximate surface area is 177 Å². The molecule has 12 heteroatoms. The lowest BCUT2D eigenvalue weighted by atomic mass is 9.79. The van der Waals surface area contributed by atoms with Crippen molar-refractivity contribution in [2.24, 2.45) is 18.9 Å². The number of alkyl halides is 3. The third-order valence-corrected chi connectivity index (χ3v) is 5.68. The number of fused-ring (bicyclic) bond motifs is 1. The third kappa shape index (κ3) is 6.17. The van der Waals surface area contributed by atoms with Crippen molar-refractivity contribution < 1.29 is 37.4 Å². The molecule has 3 atom stereocenters. The fourth-order valence-electron chi connectivity index (χ4n) is 4.25. The molecule has 1 aromatic rings. The number of nitrogens with zero attached hydrogens (tertiary/aromatic N) is 4. The van der Waals surface area contributed by atoms with Crippen LogP contribution in [0.5, 0.6) is 0 Å². The first-order valence-corrected chi connectivity index (χ1v) is 10.2. The van der Waals surface area contributed by atoms with Crippen LogP contribution in [-0.4, -0.2) is 81.9 Å². The third-order valence-electron chi connectivity index (χ3n) is 5.68. The molecule has 4 heterocycles. The summed E-state index contributed by atoms with van der Waals surface area (Å²) in [5.74, 6) is -2.30. The number of hydrogen-bond donors (Lipinski definition) is 1. The topological polar surface area (TPSA) is 97.1 Å². The Balaban J connectivity index is 0.000000339. The van der Waals surface area contributed by atoms with Crippen LogP contribution < -0.4 is 0 Å². The maximum atomic E-state index is 12.8. The van der Waals surface area contributed by atoms with E-state index < -0.39 is 12.1 Å². The van der Waals surface area contributed by atoms with Gasteiger partial charge in [-0.25, -0.2) is 9.86 Å². The molecule has 0 unspecified atom stereocenters. The number of hydrogen-bond acceptors (Lipinski definition) is 6. The summed E-state index contributed by atoms with van der Waals surface area (Å²) in [5.41, 5.74) is 1.22. The normalized spacial score (nSPS) is 26.7. The van der Waals surface area contributed by atoms with Gasteiger partial charge in [-0.1, -0.05) is 0 Å². The molecule has 31 heavy (non-hydrogen) atoms. The summed E-state index contributed by atoms with van der Waals surface area (Å²) in [6, 6.07) is 0. The Kier molecular flexibility index (Phi) is 7.55. The molecule has 1 amide bonds. The molecule has 3 aliphatic rings. The Morgan fingerprint density at radius 1 is 1.26 bits per heavy atom. The van der Waals surface area contributed by atoms with Crippen LogP contribution in [0.2, 0.25) is 0 Å². The van der Waals surface area contributed by atoms with E-state index in [4.69, 9.17) is 19.5 Å². The van der Waals surface area contributed by atoms with E-state index in [0.29, 0.717) is 13.2 Å². The van der Waals surface area contributed by atoms with E-state index in [1.807, 2.05) is 17.9 Å². The molecule has 9 nitrogen and oxygen atoms in total. The molecule has 174 valence electrons. The maximum absolute atomic E-state index is 12.8. The van der Waals surface area contributed by atoms with Crippen molar-refractivity contribution in [3.63, 3.8) is 0 Å². The average Bonchev–Trinajstić information content (AvgIpc) is 3.39. The zero-order chi connectivity index (χ0) is 22.6. The van der Waals surface area contributed by atoms with Crippen molar-refractivity contribution in [1.82, 2.24) is 19.7 Å². The van der Waals surface area contributed by atoms with E-state index in [-0.39, 0.29) is 23.8 Å². The van der Waals surface area contributed by atoms with Crippen LogP contribution in [0.15, 0.2) is 12.4 Å². The van der Waals surface area contributed by atoms with Crippen molar-refractivity contribution in [1.29, 1.82) is 0 Å². The minimum Gasteiger partial charge on any atom is -0.475 e. The first-order valence-electron chi connectivity index (χ1n) is 10.2. The molecule has 0 bridgehead atoms. The second kappa shape index (κ2) is 9.96. The maximum Gasteiger partial charge on any atom is 0.490 e. The van der Waals surface area contributed by atoms with Gasteiger partial charge in [0.1, 0.15) is 0 Å². The number of carbonyl (C=O) groups excluding carboxylic acids is 1. The van der Waals surface area contributed by atoms with Crippen LogP contribution in [0.3, 0.4) is 0 Å². The summed E-state index contributed by atoms with van der Waals surface area (Å²) in [5, 5.41) is 13.0. The molecule has 3 saturated heterocycles. The highest BCUT2D eigenvalue weighted by Crippen LogP contribution is 2.35. The van der Waals surface area contributed by atoms with Gasteiger partial charge in [-0.15, -0.1) is 0 Å². The van der Waals surface area contributed by atoms with Gasteiger partial charge in [0.2, 0.25) is 5.91 Å². The smallest absolute Gasteiger partial charge is 0.475 e. The highest BCUT2D eigenvalue weighted by atomic mass is 19.4. The number of piperidine rings is 1. The second-order valence-electron chi connectivity index (χ2n) is 7.94. The van der Waals surface area contributed by atoms with Crippen LogP contribution in [0.1, 0.15) is 24.8 Å². The van der Waals surface area contributed by atoms with Gasteiger partial charge in [0.05, 0.1) is 25.5 Å². The second-order valence-corrected chi connectivity index (χ2v) is 7.94. The van der Waals surface area contributed by atoms with E-state index in [0.717, 1.165) is 45.4 Å². The van der Waals surface area contributed by atoms with Crippen molar-refractivity contribution in [3.8, 4) is 0 Å². The van der Waals surface area contributed by atoms with Crippen LogP contribution in [0.4, 0.5) is 13.2 Å². The monoisotopic (exact) mass is 448 g/mol. The lowest BCUT2D eigenvalue weighted by molar-refractivity contribution is -0.192. The van der Waals surface area contributed by atoms with E-state index >= 15 is 0 Å². The SMILES string of the molecule is Cn1cc(CN2CC[C@H]3OCC[C@@H](C(=O)N4CCCO4)[C@@H]3C2)cn1.O=C(O)C(F)(F)F. The Bertz CT molecular complexity index is 766. The number of aromatic nitrogens is 2. The number of likely N-dealkylation sites (tertiary alicyclic amines) is 1. The van der Waals surface area contributed by atoms with Crippen molar-refractivity contribution >= 4 is 11.9 Å². The van der Waals surface area contributed by atoms with Crippen molar-refractivity contribution in [3.05, 3.63) is 18.0 Å². The lowest BCUT2D eigenvalue weighted by Crippen LogP contribution is -2.53. The molecule has 1 N–H and O–H groups in total. The summed E-state index contributed by atoms with van der Waals surface area (Å²) >= 11 is 0. The van der Waals surface area contributed by atoms with Crippen LogP contribution in [-0.2, 0) is 32.8 Å². The molecule has 1 aromatic heterocycles. The summed E-state index contributed by atoms with van der Waals surface area (Å²) < 4.78 is 39.5. The van der Waals surface area contributed by atoms with Gasteiger partial charge in [-0.05, 0) is 19.3 Å². The van der Waals surface area contributed by atoms with E-state index in [1.54, 1.807) is 5.06 Å². The van der Waals surface area contributed by atoms with Crippen LogP contribution >= 0.6 is 0 Å². The standard InChI is InChI=1S/C17H26N4O3.C2HF3O2/c1-19-10-13(9-18-19)11-20-6-3-16-15(12-20)14(4-8-23-16)17(22)21-5-2-7-24-21;3-2(4,5)1(6)7/h9-10,14-16H,2-8,11-12H2,1H3;(H,6,7)/t14-,15+,16-;/m1./s1. The molecule has 0 aromatic carbocycles. The molecule has 4 rings (SSSR count). The predicted octanol–water partition coefficient (Wildman–Crippen LogP) is 1.44. The van der Waals surface area contributed by atoms with Gasteiger partial charge in [-0.3, -0.25) is 19.2 Å². The van der Waals surface area contributed by atoms with Crippen LogP contribution in [0, 0.1) is 11.8 Å². The number of carboxylic acid groups (broad SMARTS) is 1. The number of aryl methyl sites for hydroxylation is 1. The van der Waals surface area contributed by atoms with Gasteiger partial charge < -0.3 is 9.84 Å². The molecule has 0 aliphatic carbocycles. The van der Waals surface area contributed by atoms with E-state index in [1.165, 1.54) is 5.56 Å². The van der Waals surface area contributed by atoms with Gasteiger partial charge in [0.25, 0.3) is 0 Å². The summed E-state index contributed by atoms with van der Waals surface area (Å²) in [6.07, 6.45) is 1.85. The Morgan fingerprint density at radius 2 is 2.00 bits per heavy atom. The van der Waals surface area contributed by atoms with Gasteiger partial charge in [0.15, 0.2) is 0 Å². The summed E-state index contributed by atoms with van der Waals surface area (Å²) in [4.78, 5) is 29.7. The van der Waals surface area contributed by atoms with Crippen molar-refractivity contribution in [2.75, 3.05) is 32.8 Å². The first-order chi connectivity index (χ1) is 14.6. The molecule has 3 aliphatic heterocycles. The zero-order valence-electron chi connectivity index (χ0n) is 17.3. The molecule has 0 radical (unpaired) electrons. The average molecular weight is 448 g/mol. The molecule has 0 saturated carbocycles. The molecular formula is C19H27F3N4O5. The largest absolute Gasteiger partial charge is 0.490 e. The molecule has 3 fully saturated rings. The quantitative estimate of drug-likeness (QED) is 0.748. The minimum atomic E-state index is -5.08. The highest BCUT2D eigenvalue weighted by molar-refractivity contribution is 5.78. The molecule has 0 spiro atoms. The number of amides is 1. The van der Waals surface area contributed by atoms with E-state index in [2.05, 4.69) is 16.2 Å². The van der Waals surface area contributed by atoms with Crippen molar-refractivity contribution in [2.45, 2.75) is 38.1 Å². The lowest BCUT2D eigenvalue weighted by Gasteiger charge is -2.45. The summed E-state index contributed by atoms with van der Waals surface area (Å²) in [7, 11) is 1.94. The fourth-order valence-corrected chi connectivity index (χ4v) is 4.25. The predicted molar refractivity (Wildman–Crippen MR) is 100 cm³/mol. The highest BCUT2D eigenvalue weighted by Gasteiger charge is 2.43. The summed E-state index contributed by atoms with van der Waals surface area (Å²) in [6.45, 7) is 4.89. The minimum absolute atomic E-state index is 0.0264. The number of halogens is 3. The molecular weight excluding hydrogens is 421 g/mol. The van der Waals surface area contributed by atoms with E-state index in [9.17, 15) is 18.0 Å². The number of aliphatic carboxylic acids is 1. The number of ether oxygens (including phenoxy) is 1. The van der Waals surface area contributed by atoms with Gasteiger partial charge in [-0.2, -0.15) is 18.3 Å². The first kappa shape index (κ1) is 23.5. The Morgan fingerprint density at radius 3 is 2.58 bits per heavy atom.